The first-order chi connectivity index (χ1) is 9.10. The monoisotopic (exact) mass is 269 g/mol. The molecule has 1 unspecified atom stereocenters. The van der Waals surface area contributed by atoms with Crippen molar-refractivity contribution in [2.45, 2.75) is 12.6 Å². The smallest absolute Gasteiger partial charge is 0.161 e. The zero-order chi connectivity index (χ0) is 14.3. The van der Waals surface area contributed by atoms with Crippen molar-refractivity contribution < 1.29 is 19.3 Å². The second kappa shape index (κ2) is 7.99. The Bertz CT molecular complexity index is 384. The summed E-state index contributed by atoms with van der Waals surface area (Å²) in [4.78, 5) is 2.03. The third kappa shape index (κ3) is 5.06. The standard InChI is InChI=1S/C14H23NO4/c1-15(9-12(16)10-17-2)8-11-5-6-13(18-3)14(7-11)19-4/h5-7,12,16H,8-10H2,1-4H3. The fraction of sp³-hybridized carbons (Fsp3) is 0.571. The van der Waals surface area contributed by atoms with E-state index in [0.717, 1.165) is 12.1 Å². The lowest BCUT2D eigenvalue weighted by Gasteiger charge is -2.20. The minimum atomic E-state index is -0.477. The molecule has 0 spiro atoms. The van der Waals surface area contributed by atoms with E-state index in [0.29, 0.717) is 24.7 Å². The van der Waals surface area contributed by atoms with Crippen molar-refractivity contribution in [2.24, 2.45) is 0 Å². The van der Waals surface area contributed by atoms with Gasteiger partial charge in [-0.15, -0.1) is 0 Å². The molecule has 0 heterocycles. The molecule has 1 aromatic carbocycles. The predicted octanol–water partition coefficient (Wildman–Crippen LogP) is 1.14. The Labute approximate surface area is 114 Å². The quantitative estimate of drug-likeness (QED) is 0.767. The van der Waals surface area contributed by atoms with Crippen molar-refractivity contribution in [3.63, 3.8) is 0 Å². The molecule has 0 aliphatic rings. The first kappa shape index (κ1) is 15.8. The van der Waals surface area contributed by atoms with Crippen LogP contribution in [-0.4, -0.2) is 57.6 Å². The van der Waals surface area contributed by atoms with E-state index in [-0.39, 0.29) is 0 Å². The van der Waals surface area contributed by atoms with Gasteiger partial charge < -0.3 is 19.3 Å². The summed E-state index contributed by atoms with van der Waals surface area (Å²) in [5.74, 6) is 1.43. The zero-order valence-corrected chi connectivity index (χ0v) is 12.0. The lowest BCUT2D eigenvalue weighted by molar-refractivity contribution is 0.0419. The van der Waals surface area contributed by atoms with E-state index in [4.69, 9.17) is 14.2 Å². The SMILES string of the molecule is COCC(O)CN(C)Cc1ccc(OC)c(OC)c1. The van der Waals surface area contributed by atoms with E-state index in [9.17, 15) is 5.11 Å². The van der Waals surface area contributed by atoms with Gasteiger partial charge >= 0.3 is 0 Å². The number of aliphatic hydroxyl groups is 1. The Morgan fingerprint density at radius 2 is 1.84 bits per heavy atom. The molecule has 1 N–H and O–H groups in total. The maximum Gasteiger partial charge on any atom is 0.161 e. The van der Waals surface area contributed by atoms with Gasteiger partial charge in [-0.2, -0.15) is 0 Å². The van der Waals surface area contributed by atoms with E-state index in [2.05, 4.69) is 0 Å². The number of benzene rings is 1. The van der Waals surface area contributed by atoms with Gasteiger partial charge in [-0.3, -0.25) is 4.90 Å². The Morgan fingerprint density at radius 1 is 1.16 bits per heavy atom. The molecule has 0 bridgehead atoms. The van der Waals surface area contributed by atoms with Gasteiger partial charge in [0.1, 0.15) is 0 Å². The number of rotatable bonds is 8. The summed E-state index contributed by atoms with van der Waals surface area (Å²) in [6.45, 7) is 1.62. The number of aliphatic hydroxyl groups excluding tert-OH is 1. The molecule has 1 aromatic rings. The summed E-state index contributed by atoms with van der Waals surface area (Å²) < 4.78 is 15.4. The van der Waals surface area contributed by atoms with Crippen LogP contribution in [0.15, 0.2) is 18.2 Å². The maximum atomic E-state index is 9.67. The van der Waals surface area contributed by atoms with Gasteiger partial charge in [0.05, 0.1) is 26.9 Å². The van der Waals surface area contributed by atoms with Crippen molar-refractivity contribution in [3.8, 4) is 11.5 Å². The summed E-state index contributed by atoms with van der Waals surface area (Å²) >= 11 is 0. The molecule has 108 valence electrons. The molecule has 0 saturated carbocycles. The average molecular weight is 269 g/mol. The van der Waals surface area contributed by atoms with Crippen LogP contribution in [-0.2, 0) is 11.3 Å². The number of ether oxygens (including phenoxy) is 3. The molecule has 0 radical (unpaired) electrons. The zero-order valence-electron chi connectivity index (χ0n) is 12.0. The molecule has 0 aliphatic heterocycles. The average Bonchev–Trinajstić information content (AvgIpc) is 2.38. The molecule has 0 aromatic heterocycles. The van der Waals surface area contributed by atoms with Crippen LogP contribution in [0.1, 0.15) is 5.56 Å². The summed E-state index contributed by atoms with van der Waals surface area (Å²) in [6, 6.07) is 5.81. The van der Waals surface area contributed by atoms with Gasteiger partial charge in [-0.25, -0.2) is 0 Å². The number of hydrogen-bond donors (Lipinski definition) is 1. The first-order valence-corrected chi connectivity index (χ1v) is 6.17. The highest BCUT2D eigenvalue weighted by Crippen LogP contribution is 2.27. The lowest BCUT2D eigenvalue weighted by Crippen LogP contribution is -2.31. The minimum Gasteiger partial charge on any atom is -0.493 e. The third-order valence-corrected chi connectivity index (χ3v) is 2.78. The molecular weight excluding hydrogens is 246 g/mol. The van der Waals surface area contributed by atoms with Crippen molar-refractivity contribution in [2.75, 3.05) is 41.5 Å². The van der Waals surface area contributed by atoms with E-state index in [1.165, 1.54) is 0 Å². The fourth-order valence-electron chi connectivity index (χ4n) is 1.96. The van der Waals surface area contributed by atoms with E-state index in [1.54, 1.807) is 21.3 Å². The van der Waals surface area contributed by atoms with Gasteiger partial charge in [-0.1, -0.05) is 6.07 Å². The van der Waals surface area contributed by atoms with Crippen molar-refractivity contribution in [1.82, 2.24) is 4.90 Å². The van der Waals surface area contributed by atoms with Gasteiger partial charge in [0.15, 0.2) is 11.5 Å². The number of methoxy groups -OCH3 is 3. The van der Waals surface area contributed by atoms with E-state index >= 15 is 0 Å². The van der Waals surface area contributed by atoms with Crippen LogP contribution in [0.4, 0.5) is 0 Å². The van der Waals surface area contributed by atoms with Gasteiger partial charge in [0.25, 0.3) is 0 Å². The fourth-order valence-corrected chi connectivity index (χ4v) is 1.96. The molecule has 0 aliphatic carbocycles. The molecule has 0 fully saturated rings. The van der Waals surface area contributed by atoms with Crippen LogP contribution < -0.4 is 9.47 Å². The van der Waals surface area contributed by atoms with Crippen LogP contribution in [0, 0.1) is 0 Å². The van der Waals surface area contributed by atoms with Crippen LogP contribution in [0.2, 0.25) is 0 Å². The molecule has 1 atom stereocenters. The van der Waals surface area contributed by atoms with Gasteiger partial charge in [0, 0.05) is 20.2 Å². The van der Waals surface area contributed by atoms with Crippen LogP contribution in [0.25, 0.3) is 0 Å². The van der Waals surface area contributed by atoms with Crippen molar-refractivity contribution >= 4 is 0 Å². The molecular formula is C14H23NO4. The second-order valence-corrected chi connectivity index (χ2v) is 4.50. The van der Waals surface area contributed by atoms with E-state index in [1.807, 2.05) is 30.1 Å². The largest absolute Gasteiger partial charge is 0.493 e. The van der Waals surface area contributed by atoms with Crippen LogP contribution >= 0.6 is 0 Å². The first-order valence-electron chi connectivity index (χ1n) is 6.17. The Kier molecular flexibility index (Phi) is 6.62. The summed E-state index contributed by atoms with van der Waals surface area (Å²) in [7, 11) is 6.77. The molecule has 0 saturated heterocycles. The Balaban J connectivity index is 2.61. The number of hydrogen-bond acceptors (Lipinski definition) is 5. The molecule has 0 amide bonds. The number of nitrogens with zero attached hydrogens (tertiary/aromatic N) is 1. The Hall–Kier alpha value is -1.30. The maximum absolute atomic E-state index is 9.67. The second-order valence-electron chi connectivity index (χ2n) is 4.50. The predicted molar refractivity (Wildman–Crippen MR) is 73.8 cm³/mol. The van der Waals surface area contributed by atoms with Crippen molar-refractivity contribution in [3.05, 3.63) is 23.8 Å². The highest BCUT2D eigenvalue weighted by atomic mass is 16.5. The third-order valence-electron chi connectivity index (χ3n) is 2.78. The Morgan fingerprint density at radius 3 is 2.42 bits per heavy atom. The van der Waals surface area contributed by atoms with Crippen LogP contribution in [0.5, 0.6) is 11.5 Å². The molecule has 5 nitrogen and oxygen atoms in total. The number of likely N-dealkylation sites (N-methyl/N-ethyl adjacent to an activating group) is 1. The molecule has 5 heteroatoms. The summed E-state index contributed by atoms with van der Waals surface area (Å²) in [6.07, 6.45) is -0.477. The van der Waals surface area contributed by atoms with Gasteiger partial charge in [-0.05, 0) is 24.7 Å². The summed E-state index contributed by atoms with van der Waals surface area (Å²) in [5.41, 5.74) is 1.10. The summed E-state index contributed by atoms with van der Waals surface area (Å²) in [5, 5.41) is 9.67. The normalized spacial score (nSPS) is 12.5. The highest BCUT2D eigenvalue weighted by molar-refractivity contribution is 5.42. The molecule has 1 rings (SSSR count). The minimum absolute atomic E-state index is 0.344. The van der Waals surface area contributed by atoms with Crippen molar-refractivity contribution in [1.29, 1.82) is 0 Å². The van der Waals surface area contributed by atoms with Crippen LogP contribution in [0.3, 0.4) is 0 Å². The topological polar surface area (TPSA) is 51.2 Å². The lowest BCUT2D eigenvalue weighted by atomic mass is 10.2. The molecule has 19 heavy (non-hydrogen) atoms. The highest BCUT2D eigenvalue weighted by Gasteiger charge is 2.10. The van der Waals surface area contributed by atoms with Gasteiger partial charge in [0.2, 0.25) is 0 Å². The van der Waals surface area contributed by atoms with E-state index < -0.39 is 6.10 Å².